The Balaban J connectivity index is 3.86. The largest absolute Gasteiger partial charge is 0.397 e. The minimum Gasteiger partial charge on any atom is -0.247 e. The summed E-state index contributed by atoms with van der Waals surface area (Å²) in [6.45, 7) is 4.38. The number of hydrogen-bond donors (Lipinski definition) is 0. The van der Waals surface area contributed by atoms with Crippen molar-refractivity contribution in [1.82, 2.24) is 0 Å². The molecule has 0 aliphatic heterocycles. The zero-order chi connectivity index (χ0) is 23.2. The van der Waals surface area contributed by atoms with Crippen LogP contribution in [0.5, 0.6) is 0 Å². The molecule has 0 rings (SSSR count). The van der Waals surface area contributed by atoms with E-state index in [1.807, 2.05) is 0 Å². The lowest BCUT2D eigenvalue weighted by atomic mass is 10.1. The molecule has 0 aromatic heterocycles. The fourth-order valence-electron chi connectivity index (χ4n) is 3.43. The summed E-state index contributed by atoms with van der Waals surface area (Å²) < 4.78 is 22.6. The average molecular weight is 461 g/mol. The summed E-state index contributed by atoms with van der Waals surface area (Å²) in [7, 11) is -2.67. The van der Waals surface area contributed by atoms with Crippen LogP contribution >= 0.6 is 0 Å². The maximum absolute atomic E-state index is 11.9. The van der Waals surface area contributed by atoms with Crippen molar-refractivity contribution >= 4 is 27.1 Å². The number of hydrogen-bond acceptors (Lipinski definition) is 6. The van der Waals surface area contributed by atoms with Gasteiger partial charge in [-0.25, -0.2) is 19.4 Å². The van der Waals surface area contributed by atoms with Gasteiger partial charge in [0.25, 0.3) is 0 Å². The summed E-state index contributed by atoms with van der Waals surface area (Å²) in [5, 5.41) is 0. The van der Waals surface area contributed by atoms with E-state index in [0.29, 0.717) is 12.8 Å². The van der Waals surface area contributed by atoms with Crippen molar-refractivity contribution in [2.24, 2.45) is 0 Å². The molecule has 0 N–H and O–H groups in total. The Kier molecular flexibility index (Phi) is 20.9. The number of carbonyl (C=O) groups excluding carboxylic acids is 2. The Bertz CT molecular complexity index is 589. The van der Waals surface area contributed by atoms with E-state index in [0.717, 1.165) is 32.1 Å². The summed E-state index contributed by atoms with van der Waals surface area (Å²) in [5.41, 5.74) is 0. The molecule has 0 aromatic carbocycles. The van der Waals surface area contributed by atoms with Gasteiger partial charge in [-0.05, 0) is 19.3 Å². The third-order valence-corrected chi connectivity index (χ3v) is 6.15. The van der Waals surface area contributed by atoms with Gasteiger partial charge in [0.15, 0.2) is 4.86 Å². The van der Waals surface area contributed by atoms with Crippen molar-refractivity contribution < 1.29 is 27.8 Å². The molecule has 31 heavy (non-hydrogen) atoms. The van der Waals surface area contributed by atoms with E-state index >= 15 is 0 Å². The molecule has 0 atom stereocenters. The van der Waals surface area contributed by atoms with Gasteiger partial charge in [-0.15, -0.1) is 0 Å². The Morgan fingerprint density at radius 2 is 0.935 bits per heavy atom. The van der Waals surface area contributed by atoms with Crippen molar-refractivity contribution in [1.29, 1.82) is 0 Å². The van der Waals surface area contributed by atoms with Gasteiger partial charge < -0.3 is 0 Å². The molecule has 182 valence electrons. The summed E-state index contributed by atoms with van der Waals surface area (Å²) in [6.07, 6.45) is 18.9. The Labute approximate surface area is 190 Å². The fraction of sp³-hybridized carbons (Fsp3) is 0.875. The van der Waals surface area contributed by atoms with Gasteiger partial charge in [-0.3, -0.25) is 0 Å². The predicted molar refractivity (Wildman–Crippen MR) is 125 cm³/mol. The summed E-state index contributed by atoms with van der Waals surface area (Å²) >= 11 is 0. The Morgan fingerprint density at radius 3 is 1.35 bits per heavy atom. The van der Waals surface area contributed by atoms with Crippen LogP contribution in [0, 0.1) is 0 Å². The molecule has 0 heterocycles. The van der Waals surface area contributed by atoms with Crippen LogP contribution in [-0.2, 0) is 29.7 Å². The standard InChI is InChI=1S/C24H44O6S/c1-3-5-7-9-11-13-15-17-19-21-23(25)29-30-24(26)22(31(27)28)20-18-16-14-12-10-8-6-4-2/h3-21H2,1-2H3. The zero-order valence-electron chi connectivity index (χ0n) is 19.8. The van der Waals surface area contributed by atoms with Crippen LogP contribution in [0.25, 0.3) is 0 Å². The van der Waals surface area contributed by atoms with Crippen molar-refractivity contribution in [3.8, 4) is 0 Å². The fourth-order valence-corrected chi connectivity index (χ4v) is 3.91. The first kappa shape index (κ1) is 29.6. The second-order valence-corrected chi connectivity index (χ2v) is 9.25. The minimum absolute atomic E-state index is 0.111. The molecular weight excluding hydrogens is 416 g/mol. The highest BCUT2D eigenvalue weighted by Gasteiger charge is 2.18. The van der Waals surface area contributed by atoms with Gasteiger partial charge >= 0.3 is 11.9 Å². The van der Waals surface area contributed by atoms with Crippen LogP contribution in [0.15, 0.2) is 0 Å². The summed E-state index contributed by atoms with van der Waals surface area (Å²) in [5.74, 6) is -1.73. The molecule has 7 heteroatoms. The molecule has 0 unspecified atom stereocenters. The Morgan fingerprint density at radius 1 is 0.548 bits per heavy atom. The smallest absolute Gasteiger partial charge is 0.247 e. The SMILES string of the molecule is CCCCCCCCCCCC(=O)OOC(=O)C(CCCCCCCCCC)=S(=O)=O. The van der Waals surface area contributed by atoms with Crippen molar-refractivity contribution in [3.05, 3.63) is 0 Å². The minimum atomic E-state index is -2.67. The maximum Gasteiger partial charge on any atom is 0.397 e. The van der Waals surface area contributed by atoms with Gasteiger partial charge in [0, 0.05) is 0 Å². The molecule has 0 spiro atoms. The molecule has 6 nitrogen and oxygen atoms in total. The molecule has 0 radical (unpaired) electrons. The third-order valence-electron chi connectivity index (χ3n) is 5.38. The average Bonchev–Trinajstić information content (AvgIpc) is 2.75. The summed E-state index contributed by atoms with van der Waals surface area (Å²) in [4.78, 5) is 32.2. The molecular formula is C24H44O6S. The molecule has 0 aliphatic rings. The van der Waals surface area contributed by atoms with Crippen molar-refractivity contribution in [3.63, 3.8) is 0 Å². The predicted octanol–water partition coefficient (Wildman–Crippen LogP) is 6.49. The maximum atomic E-state index is 11.9. The first-order valence-corrected chi connectivity index (χ1v) is 13.5. The van der Waals surface area contributed by atoms with E-state index in [2.05, 4.69) is 23.6 Å². The van der Waals surface area contributed by atoms with Gasteiger partial charge in [-0.2, -0.15) is 8.42 Å². The molecule has 0 amide bonds. The highest BCUT2D eigenvalue weighted by Crippen LogP contribution is 2.12. The molecule has 0 aliphatic carbocycles. The topological polar surface area (TPSA) is 86.7 Å². The normalized spacial score (nSPS) is 10.6. The van der Waals surface area contributed by atoms with Gasteiger partial charge in [0.05, 0.1) is 6.42 Å². The lowest BCUT2D eigenvalue weighted by Gasteiger charge is -2.05. The molecule has 0 bridgehead atoms. The van der Waals surface area contributed by atoms with Crippen LogP contribution in [-0.4, -0.2) is 25.2 Å². The van der Waals surface area contributed by atoms with Crippen LogP contribution in [0.2, 0.25) is 0 Å². The van der Waals surface area contributed by atoms with Crippen molar-refractivity contribution in [2.45, 2.75) is 136 Å². The number of carbonyl (C=O) groups is 2. The monoisotopic (exact) mass is 460 g/mol. The number of unbranched alkanes of at least 4 members (excludes halogenated alkanes) is 15. The van der Waals surface area contributed by atoms with Crippen LogP contribution in [0.1, 0.15) is 136 Å². The molecule has 0 aromatic rings. The molecule has 0 fully saturated rings. The van der Waals surface area contributed by atoms with Crippen LogP contribution in [0.3, 0.4) is 0 Å². The molecule has 0 saturated carbocycles. The lowest BCUT2D eigenvalue weighted by Crippen LogP contribution is -2.20. The second-order valence-electron chi connectivity index (χ2n) is 8.29. The van der Waals surface area contributed by atoms with E-state index in [4.69, 9.17) is 0 Å². The van der Waals surface area contributed by atoms with Crippen molar-refractivity contribution in [2.75, 3.05) is 0 Å². The van der Waals surface area contributed by atoms with Crippen LogP contribution < -0.4 is 0 Å². The van der Waals surface area contributed by atoms with Gasteiger partial charge in [0.2, 0.25) is 10.3 Å². The van der Waals surface area contributed by atoms with Gasteiger partial charge in [-0.1, -0.05) is 110 Å². The summed E-state index contributed by atoms with van der Waals surface area (Å²) in [6, 6.07) is 0. The van der Waals surface area contributed by atoms with E-state index in [1.54, 1.807) is 0 Å². The molecule has 0 saturated heterocycles. The number of rotatable bonds is 20. The highest BCUT2D eigenvalue weighted by molar-refractivity contribution is 7.74. The first-order chi connectivity index (χ1) is 15.0. The van der Waals surface area contributed by atoms with E-state index in [9.17, 15) is 18.0 Å². The zero-order valence-corrected chi connectivity index (χ0v) is 20.6. The second kappa shape index (κ2) is 21.8. The first-order valence-electron chi connectivity index (χ1n) is 12.4. The Hall–Kier alpha value is -1.37. The highest BCUT2D eigenvalue weighted by atomic mass is 32.2. The lowest BCUT2D eigenvalue weighted by molar-refractivity contribution is -0.253. The van der Waals surface area contributed by atoms with E-state index in [-0.39, 0.29) is 17.7 Å². The van der Waals surface area contributed by atoms with Gasteiger partial charge in [0.1, 0.15) is 0 Å². The third kappa shape index (κ3) is 19.1. The van der Waals surface area contributed by atoms with E-state index < -0.39 is 22.2 Å². The quantitative estimate of drug-likeness (QED) is 0.0893. The van der Waals surface area contributed by atoms with Crippen LogP contribution in [0.4, 0.5) is 0 Å². The van der Waals surface area contributed by atoms with E-state index in [1.165, 1.54) is 64.2 Å².